The van der Waals surface area contributed by atoms with E-state index in [2.05, 4.69) is 0 Å². The van der Waals surface area contributed by atoms with Crippen LogP contribution in [0.15, 0.2) is 60.7 Å². The molecule has 0 aromatic heterocycles. The number of benzene rings is 2. The third kappa shape index (κ3) is 4.92. The van der Waals surface area contributed by atoms with E-state index < -0.39 is 5.91 Å². The molecule has 0 aliphatic rings. The molecule has 0 radical (unpaired) electrons. The maximum Gasteiger partial charge on any atom is 0.267 e. The van der Waals surface area contributed by atoms with Crippen molar-refractivity contribution in [1.82, 2.24) is 5.48 Å². The van der Waals surface area contributed by atoms with Crippen LogP contribution in [0.4, 0.5) is 0 Å². The van der Waals surface area contributed by atoms with E-state index in [-0.39, 0.29) is 5.78 Å². The van der Waals surface area contributed by atoms with Gasteiger partial charge in [-0.3, -0.25) is 14.8 Å². The normalized spacial score (nSPS) is 11.0. The Kier molecular flexibility index (Phi) is 5.86. The highest BCUT2D eigenvalue weighted by atomic mass is 35.5. The highest BCUT2D eigenvalue weighted by molar-refractivity contribution is 6.34. The fraction of sp³-hybridized carbons (Fsp3) is 0. The number of carbonyl (C=O) groups is 2. The van der Waals surface area contributed by atoms with Gasteiger partial charge in [0.2, 0.25) is 0 Å². The second kappa shape index (κ2) is 8.08. The Morgan fingerprint density at radius 2 is 1.48 bits per heavy atom. The molecule has 4 nitrogen and oxygen atoms in total. The lowest BCUT2D eigenvalue weighted by Crippen LogP contribution is -2.14. The van der Waals surface area contributed by atoms with Gasteiger partial charge in [-0.1, -0.05) is 54.1 Å². The van der Waals surface area contributed by atoms with Gasteiger partial charge in [0.1, 0.15) is 0 Å². The highest BCUT2D eigenvalue weighted by Gasteiger charge is 2.05. The smallest absolute Gasteiger partial charge is 0.267 e. The second-order valence-electron chi connectivity index (χ2n) is 4.65. The van der Waals surface area contributed by atoms with Crippen LogP contribution in [0.2, 0.25) is 5.02 Å². The van der Waals surface area contributed by atoms with Gasteiger partial charge in [0.25, 0.3) is 5.91 Å². The summed E-state index contributed by atoms with van der Waals surface area (Å²) in [4.78, 5) is 23.0. The third-order valence-electron chi connectivity index (χ3n) is 3.04. The third-order valence-corrected chi connectivity index (χ3v) is 3.37. The molecule has 116 valence electrons. The molecule has 0 bridgehead atoms. The molecule has 0 fully saturated rings. The number of amides is 1. The molecule has 0 aliphatic carbocycles. The molecular formula is C18H14ClNO3. The van der Waals surface area contributed by atoms with E-state index in [1.165, 1.54) is 17.6 Å². The van der Waals surface area contributed by atoms with Crippen LogP contribution in [0, 0.1) is 0 Å². The van der Waals surface area contributed by atoms with Crippen LogP contribution in [0.1, 0.15) is 21.5 Å². The Morgan fingerprint density at radius 1 is 0.913 bits per heavy atom. The lowest BCUT2D eigenvalue weighted by atomic mass is 10.1. The summed E-state index contributed by atoms with van der Waals surface area (Å²) in [6.07, 6.45) is 5.94. The predicted molar refractivity (Wildman–Crippen MR) is 90.2 cm³/mol. The molecule has 0 aliphatic heterocycles. The van der Waals surface area contributed by atoms with Crippen LogP contribution in [0.3, 0.4) is 0 Å². The van der Waals surface area contributed by atoms with Crippen molar-refractivity contribution in [3.63, 3.8) is 0 Å². The van der Waals surface area contributed by atoms with Gasteiger partial charge in [-0.15, -0.1) is 0 Å². The van der Waals surface area contributed by atoms with Crippen molar-refractivity contribution >= 4 is 35.4 Å². The van der Waals surface area contributed by atoms with Gasteiger partial charge < -0.3 is 0 Å². The van der Waals surface area contributed by atoms with Gasteiger partial charge in [-0.2, -0.15) is 0 Å². The summed E-state index contributed by atoms with van der Waals surface area (Å²) in [5, 5.41) is 8.81. The molecule has 1 amide bonds. The first kappa shape index (κ1) is 16.7. The standard InChI is InChI=1S/C18H14ClNO3/c19-16-4-2-1-3-15(16)17(21)11-9-13-5-7-14(8-6-13)10-12-18(22)20-23/h1-12,23H,(H,20,22). The van der Waals surface area contributed by atoms with Crippen molar-refractivity contribution in [3.05, 3.63) is 82.4 Å². The summed E-state index contributed by atoms with van der Waals surface area (Å²) >= 11 is 5.98. The van der Waals surface area contributed by atoms with E-state index in [4.69, 9.17) is 16.8 Å². The van der Waals surface area contributed by atoms with Gasteiger partial charge in [0.15, 0.2) is 5.78 Å². The zero-order valence-corrected chi connectivity index (χ0v) is 12.8. The molecular weight excluding hydrogens is 314 g/mol. The minimum atomic E-state index is -0.598. The van der Waals surface area contributed by atoms with E-state index in [1.807, 2.05) is 12.1 Å². The molecule has 0 spiro atoms. The number of hydroxylamine groups is 1. The second-order valence-corrected chi connectivity index (χ2v) is 5.06. The van der Waals surface area contributed by atoms with E-state index in [0.29, 0.717) is 10.6 Å². The first-order valence-electron chi connectivity index (χ1n) is 6.79. The molecule has 0 atom stereocenters. The molecule has 2 rings (SSSR count). The lowest BCUT2D eigenvalue weighted by Gasteiger charge is -1.99. The molecule has 0 heterocycles. The van der Waals surface area contributed by atoms with Gasteiger partial charge >= 0.3 is 0 Å². The van der Waals surface area contributed by atoms with Crippen molar-refractivity contribution in [2.24, 2.45) is 0 Å². The number of carbonyl (C=O) groups excluding carboxylic acids is 2. The Balaban J connectivity index is 2.06. The SMILES string of the molecule is O=C(C=Cc1ccc(C=CC(=O)c2ccccc2Cl)cc1)NO. The molecule has 0 unspecified atom stereocenters. The fourth-order valence-electron chi connectivity index (χ4n) is 1.85. The topological polar surface area (TPSA) is 66.4 Å². The highest BCUT2D eigenvalue weighted by Crippen LogP contribution is 2.16. The van der Waals surface area contributed by atoms with Crippen LogP contribution in [0.25, 0.3) is 12.2 Å². The van der Waals surface area contributed by atoms with Crippen molar-refractivity contribution in [2.75, 3.05) is 0 Å². The van der Waals surface area contributed by atoms with Gasteiger partial charge in [-0.05, 0) is 35.4 Å². The van der Waals surface area contributed by atoms with Gasteiger partial charge in [0.05, 0.1) is 5.02 Å². The minimum absolute atomic E-state index is 0.167. The summed E-state index contributed by atoms with van der Waals surface area (Å²) < 4.78 is 0. The Morgan fingerprint density at radius 3 is 2.04 bits per heavy atom. The van der Waals surface area contributed by atoms with E-state index in [9.17, 15) is 9.59 Å². The summed E-state index contributed by atoms with van der Waals surface area (Å²) in [5.74, 6) is -0.765. The van der Waals surface area contributed by atoms with E-state index in [0.717, 1.165) is 11.1 Å². The molecule has 0 saturated heterocycles. The minimum Gasteiger partial charge on any atom is -0.289 e. The Hall–Kier alpha value is -2.69. The zero-order valence-electron chi connectivity index (χ0n) is 12.1. The van der Waals surface area contributed by atoms with Crippen molar-refractivity contribution in [3.8, 4) is 0 Å². The van der Waals surface area contributed by atoms with Crippen LogP contribution in [-0.4, -0.2) is 16.9 Å². The maximum absolute atomic E-state index is 12.1. The van der Waals surface area contributed by atoms with Crippen molar-refractivity contribution in [1.29, 1.82) is 0 Å². The predicted octanol–water partition coefficient (Wildman–Crippen LogP) is 3.75. The first-order chi connectivity index (χ1) is 11.1. The number of hydrogen-bond acceptors (Lipinski definition) is 3. The Bertz CT molecular complexity index is 764. The largest absolute Gasteiger partial charge is 0.289 e. The molecule has 2 aromatic carbocycles. The summed E-state index contributed by atoms with van der Waals surface area (Å²) in [5.41, 5.74) is 3.61. The van der Waals surface area contributed by atoms with Gasteiger partial charge in [0, 0.05) is 11.6 Å². The maximum atomic E-state index is 12.1. The molecule has 2 N–H and O–H groups in total. The molecule has 2 aromatic rings. The number of rotatable bonds is 5. The quantitative estimate of drug-likeness (QED) is 0.380. The van der Waals surface area contributed by atoms with E-state index in [1.54, 1.807) is 48.6 Å². The number of allylic oxidation sites excluding steroid dienone is 1. The van der Waals surface area contributed by atoms with Crippen LogP contribution < -0.4 is 5.48 Å². The monoisotopic (exact) mass is 327 g/mol. The van der Waals surface area contributed by atoms with E-state index >= 15 is 0 Å². The average molecular weight is 328 g/mol. The summed E-state index contributed by atoms with van der Waals surface area (Å²) in [7, 11) is 0. The summed E-state index contributed by atoms with van der Waals surface area (Å²) in [6.45, 7) is 0. The molecule has 23 heavy (non-hydrogen) atoms. The number of hydrogen-bond donors (Lipinski definition) is 2. The van der Waals surface area contributed by atoms with Crippen LogP contribution in [-0.2, 0) is 4.79 Å². The Labute approximate surface area is 138 Å². The van der Waals surface area contributed by atoms with Gasteiger partial charge in [-0.25, -0.2) is 5.48 Å². The molecule has 5 heteroatoms. The lowest BCUT2D eigenvalue weighted by molar-refractivity contribution is -0.124. The zero-order chi connectivity index (χ0) is 16.7. The summed E-state index contributed by atoms with van der Waals surface area (Å²) in [6, 6.07) is 14.1. The van der Waals surface area contributed by atoms with Crippen molar-refractivity contribution < 1.29 is 14.8 Å². The average Bonchev–Trinajstić information content (AvgIpc) is 2.58. The molecule has 0 saturated carbocycles. The van der Waals surface area contributed by atoms with Crippen LogP contribution >= 0.6 is 11.6 Å². The number of nitrogens with one attached hydrogen (secondary N) is 1. The number of halogens is 1. The first-order valence-corrected chi connectivity index (χ1v) is 7.17. The van der Waals surface area contributed by atoms with Crippen molar-refractivity contribution in [2.45, 2.75) is 0 Å². The number of ketones is 1. The van der Waals surface area contributed by atoms with Crippen LogP contribution in [0.5, 0.6) is 0 Å². The fourth-order valence-corrected chi connectivity index (χ4v) is 2.08.